The van der Waals surface area contributed by atoms with Gasteiger partial charge in [0, 0.05) is 6.54 Å². The van der Waals surface area contributed by atoms with Crippen LogP contribution in [0.4, 0.5) is 0 Å². The highest BCUT2D eigenvalue weighted by molar-refractivity contribution is 8.00. The van der Waals surface area contributed by atoms with Crippen LogP contribution in [-0.2, 0) is 16.1 Å². The third kappa shape index (κ3) is 3.40. The van der Waals surface area contributed by atoms with E-state index in [1.807, 2.05) is 47.4 Å². The van der Waals surface area contributed by atoms with E-state index in [0.29, 0.717) is 17.9 Å². The molecular weight excluding hydrogens is 310 g/mol. The van der Waals surface area contributed by atoms with Crippen LogP contribution in [-0.4, -0.2) is 29.6 Å². The molecule has 4 nitrogen and oxygen atoms in total. The van der Waals surface area contributed by atoms with Gasteiger partial charge in [-0.2, -0.15) is 0 Å². The van der Waals surface area contributed by atoms with Gasteiger partial charge in [-0.3, -0.25) is 4.79 Å². The van der Waals surface area contributed by atoms with Gasteiger partial charge in [0.2, 0.25) is 5.91 Å². The van der Waals surface area contributed by atoms with Crippen molar-refractivity contribution in [2.45, 2.75) is 11.9 Å². The normalized spacial score (nSPS) is 17.3. The highest BCUT2D eigenvalue weighted by atomic mass is 32.2. The Morgan fingerprint density at radius 1 is 1.17 bits per heavy atom. The smallest absolute Gasteiger partial charge is 0.337 e. The first kappa shape index (κ1) is 15.6. The van der Waals surface area contributed by atoms with E-state index in [2.05, 4.69) is 0 Å². The van der Waals surface area contributed by atoms with Crippen LogP contribution in [0.1, 0.15) is 26.9 Å². The van der Waals surface area contributed by atoms with Gasteiger partial charge < -0.3 is 9.64 Å². The summed E-state index contributed by atoms with van der Waals surface area (Å²) in [5, 5.41) is -0.0191. The van der Waals surface area contributed by atoms with Crippen molar-refractivity contribution in [1.82, 2.24) is 4.90 Å². The monoisotopic (exact) mass is 327 g/mol. The molecule has 0 N–H and O–H groups in total. The molecule has 2 aromatic carbocycles. The summed E-state index contributed by atoms with van der Waals surface area (Å²) in [7, 11) is 1.36. The molecule has 2 aromatic rings. The van der Waals surface area contributed by atoms with Crippen LogP contribution in [0.3, 0.4) is 0 Å². The second-order valence-electron chi connectivity index (χ2n) is 5.28. The molecule has 1 fully saturated rings. The Morgan fingerprint density at radius 3 is 2.52 bits per heavy atom. The summed E-state index contributed by atoms with van der Waals surface area (Å²) in [4.78, 5) is 25.6. The second-order valence-corrected chi connectivity index (χ2v) is 6.35. The molecule has 1 aliphatic rings. The standard InChI is InChI=1S/C18H17NO3S/c1-22-18(21)15-9-7-14(8-10-15)17-19(16(20)12-23-17)11-13-5-3-2-4-6-13/h2-10,17H,11-12H2,1H3/t17-/m1/s1. The quantitative estimate of drug-likeness (QED) is 0.809. The molecule has 0 aromatic heterocycles. The maximum absolute atomic E-state index is 12.2. The van der Waals surface area contributed by atoms with Crippen molar-refractivity contribution in [1.29, 1.82) is 0 Å². The minimum atomic E-state index is -0.354. The maximum atomic E-state index is 12.2. The van der Waals surface area contributed by atoms with Gasteiger partial charge in [0.25, 0.3) is 0 Å². The van der Waals surface area contributed by atoms with E-state index in [1.54, 1.807) is 23.9 Å². The van der Waals surface area contributed by atoms with Gasteiger partial charge in [-0.05, 0) is 23.3 Å². The lowest BCUT2D eigenvalue weighted by atomic mass is 10.1. The van der Waals surface area contributed by atoms with Crippen LogP contribution >= 0.6 is 11.8 Å². The molecule has 0 bridgehead atoms. The Balaban J connectivity index is 1.80. The van der Waals surface area contributed by atoms with E-state index in [0.717, 1.165) is 11.1 Å². The van der Waals surface area contributed by atoms with E-state index >= 15 is 0 Å². The van der Waals surface area contributed by atoms with Crippen LogP contribution in [0.25, 0.3) is 0 Å². The molecule has 5 heteroatoms. The third-order valence-electron chi connectivity index (χ3n) is 3.78. The molecule has 0 radical (unpaired) electrons. The summed E-state index contributed by atoms with van der Waals surface area (Å²) in [6, 6.07) is 17.2. The van der Waals surface area contributed by atoms with Crippen LogP contribution in [0.2, 0.25) is 0 Å². The molecule has 0 spiro atoms. The zero-order valence-corrected chi connectivity index (χ0v) is 13.6. The largest absolute Gasteiger partial charge is 0.465 e. The summed E-state index contributed by atoms with van der Waals surface area (Å²) < 4.78 is 4.71. The number of amides is 1. The fourth-order valence-electron chi connectivity index (χ4n) is 2.58. The summed E-state index contributed by atoms with van der Waals surface area (Å²) in [5.74, 6) is 0.268. The molecule has 1 heterocycles. The van der Waals surface area contributed by atoms with E-state index in [-0.39, 0.29) is 17.3 Å². The topological polar surface area (TPSA) is 46.6 Å². The Hall–Kier alpha value is -2.27. The Kier molecular flexibility index (Phi) is 4.67. The molecule has 23 heavy (non-hydrogen) atoms. The zero-order valence-electron chi connectivity index (χ0n) is 12.8. The van der Waals surface area contributed by atoms with Crippen LogP contribution in [0, 0.1) is 0 Å². The Bertz CT molecular complexity index is 700. The van der Waals surface area contributed by atoms with Crippen LogP contribution in [0.15, 0.2) is 54.6 Å². The van der Waals surface area contributed by atoms with Gasteiger partial charge in [-0.25, -0.2) is 4.79 Å². The first-order chi connectivity index (χ1) is 11.2. The van der Waals surface area contributed by atoms with Crippen molar-refractivity contribution in [2.24, 2.45) is 0 Å². The van der Waals surface area contributed by atoms with Crippen molar-refractivity contribution in [3.63, 3.8) is 0 Å². The highest BCUT2D eigenvalue weighted by Crippen LogP contribution is 2.39. The number of carbonyl (C=O) groups excluding carboxylic acids is 2. The first-order valence-corrected chi connectivity index (χ1v) is 8.37. The lowest BCUT2D eigenvalue weighted by molar-refractivity contribution is -0.128. The van der Waals surface area contributed by atoms with Gasteiger partial charge >= 0.3 is 5.97 Å². The Morgan fingerprint density at radius 2 is 1.87 bits per heavy atom. The third-order valence-corrected chi connectivity index (χ3v) is 5.04. The molecule has 3 rings (SSSR count). The fraction of sp³-hybridized carbons (Fsp3) is 0.222. The predicted octanol–water partition coefficient (Wildman–Crippen LogP) is 3.25. The fourth-order valence-corrected chi connectivity index (χ4v) is 3.77. The number of rotatable bonds is 4. The van der Waals surface area contributed by atoms with Gasteiger partial charge in [0.1, 0.15) is 5.37 Å². The minimum absolute atomic E-state index is 0.0191. The Labute approximate surface area is 139 Å². The van der Waals surface area contributed by atoms with E-state index in [4.69, 9.17) is 4.74 Å². The molecule has 0 saturated carbocycles. The van der Waals surface area contributed by atoms with Gasteiger partial charge in [-0.15, -0.1) is 11.8 Å². The van der Waals surface area contributed by atoms with Crippen molar-refractivity contribution in [3.05, 3.63) is 71.3 Å². The molecule has 1 saturated heterocycles. The van der Waals surface area contributed by atoms with Crippen molar-refractivity contribution < 1.29 is 14.3 Å². The van der Waals surface area contributed by atoms with Crippen molar-refractivity contribution in [3.8, 4) is 0 Å². The number of carbonyl (C=O) groups is 2. The number of esters is 1. The summed E-state index contributed by atoms with van der Waals surface area (Å²) in [6.07, 6.45) is 0. The lowest BCUT2D eigenvalue weighted by Crippen LogP contribution is -2.27. The van der Waals surface area contributed by atoms with Gasteiger partial charge in [0.15, 0.2) is 0 Å². The van der Waals surface area contributed by atoms with Gasteiger partial charge in [-0.1, -0.05) is 42.5 Å². The summed E-state index contributed by atoms with van der Waals surface area (Å²) >= 11 is 1.61. The SMILES string of the molecule is COC(=O)c1ccc([C@H]2SCC(=O)N2Cc2ccccc2)cc1. The molecule has 118 valence electrons. The number of thioether (sulfide) groups is 1. The highest BCUT2D eigenvalue weighted by Gasteiger charge is 2.32. The minimum Gasteiger partial charge on any atom is -0.465 e. The number of benzene rings is 2. The number of nitrogens with zero attached hydrogens (tertiary/aromatic N) is 1. The number of ether oxygens (including phenoxy) is 1. The number of hydrogen-bond acceptors (Lipinski definition) is 4. The van der Waals surface area contributed by atoms with E-state index in [1.165, 1.54) is 7.11 Å². The number of hydrogen-bond donors (Lipinski definition) is 0. The second kappa shape index (κ2) is 6.87. The molecule has 0 aliphatic carbocycles. The van der Waals surface area contributed by atoms with Gasteiger partial charge in [0.05, 0.1) is 18.4 Å². The van der Waals surface area contributed by atoms with E-state index < -0.39 is 0 Å². The molecule has 1 amide bonds. The summed E-state index contributed by atoms with van der Waals surface area (Å²) in [6.45, 7) is 0.593. The lowest BCUT2D eigenvalue weighted by Gasteiger charge is -2.24. The predicted molar refractivity (Wildman–Crippen MR) is 90.0 cm³/mol. The van der Waals surface area contributed by atoms with Crippen LogP contribution in [0.5, 0.6) is 0 Å². The average molecular weight is 327 g/mol. The maximum Gasteiger partial charge on any atom is 0.337 e. The van der Waals surface area contributed by atoms with Crippen molar-refractivity contribution >= 4 is 23.6 Å². The average Bonchev–Trinajstić information content (AvgIpc) is 2.96. The van der Waals surface area contributed by atoms with Crippen molar-refractivity contribution in [2.75, 3.05) is 12.9 Å². The zero-order chi connectivity index (χ0) is 16.2. The molecule has 1 aliphatic heterocycles. The van der Waals surface area contributed by atoms with E-state index in [9.17, 15) is 9.59 Å². The molecular formula is C18H17NO3S. The van der Waals surface area contributed by atoms with Crippen LogP contribution < -0.4 is 0 Å². The first-order valence-electron chi connectivity index (χ1n) is 7.32. The molecule has 0 unspecified atom stereocenters. The number of methoxy groups -OCH3 is 1. The summed E-state index contributed by atoms with van der Waals surface area (Å²) in [5.41, 5.74) is 2.64. The molecule has 1 atom stereocenters.